The highest BCUT2D eigenvalue weighted by atomic mass is 35.5. The second kappa shape index (κ2) is 11.5. The quantitative estimate of drug-likeness (QED) is 0.253. The SMILES string of the molecule is Cc1cccc(C)c1-c1cc2nc(n1)NSc1cccc(c1)C(Cc1cncc(Cl)n1)C(CC(C)(C)C)CO2. The van der Waals surface area contributed by atoms with Crippen LogP contribution < -0.4 is 9.46 Å². The number of ether oxygens (including phenoxy) is 1. The first-order chi connectivity index (χ1) is 18.6. The van der Waals surface area contributed by atoms with Gasteiger partial charge in [-0.25, -0.2) is 9.97 Å². The van der Waals surface area contributed by atoms with Crippen LogP contribution in [0, 0.1) is 25.2 Å². The molecule has 2 aromatic heterocycles. The molecular formula is C31H34ClN5OS. The summed E-state index contributed by atoms with van der Waals surface area (Å²) < 4.78 is 9.88. The molecule has 0 aliphatic carbocycles. The Morgan fingerprint density at radius 2 is 1.77 bits per heavy atom. The third kappa shape index (κ3) is 6.89. The molecule has 1 aliphatic heterocycles. The van der Waals surface area contributed by atoms with Crippen molar-refractivity contribution in [2.45, 2.75) is 58.3 Å². The summed E-state index contributed by atoms with van der Waals surface area (Å²) in [5.74, 6) is 1.44. The van der Waals surface area contributed by atoms with Gasteiger partial charge in [0.2, 0.25) is 11.8 Å². The lowest BCUT2D eigenvalue weighted by Gasteiger charge is -2.33. The summed E-state index contributed by atoms with van der Waals surface area (Å²) >= 11 is 7.72. The summed E-state index contributed by atoms with van der Waals surface area (Å²) in [6.45, 7) is 11.6. The lowest BCUT2D eigenvalue weighted by Crippen LogP contribution is -2.27. The Morgan fingerprint density at radius 3 is 2.51 bits per heavy atom. The van der Waals surface area contributed by atoms with E-state index in [0.29, 0.717) is 30.0 Å². The zero-order valence-corrected chi connectivity index (χ0v) is 24.6. The topological polar surface area (TPSA) is 72.8 Å². The molecule has 0 fully saturated rings. The standard InChI is InChI=1S/C31H34ClN5OS/c1-19-8-6-9-20(2)29(19)26-14-28-36-30(35-26)37-39-24-11-7-10-21(12-24)25(13-23-16-33-17-27(32)34-23)22(18-38-28)15-31(3,4)5/h6-12,14,16-17,22,25H,13,15,18H2,1-5H3,(H,35,36,37). The lowest BCUT2D eigenvalue weighted by molar-refractivity contribution is 0.166. The Labute approximate surface area is 240 Å². The minimum Gasteiger partial charge on any atom is -0.477 e. The third-order valence-electron chi connectivity index (χ3n) is 6.96. The summed E-state index contributed by atoms with van der Waals surface area (Å²) in [4.78, 5) is 19.6. The number of nitrogens with one attached hydrogen (secondary N) is 1. The fraction of sp³-hybridized carbons (Fsp3) is 0.355. The molecule has 2 aromatic carbocycles. The molecule has 2 atom stereocenters. The lowest BCUT2D eigenvalue weighted by atomic mass is 9.74. The number of nitrogens with zero attached hydrogens (tertiary/aromatic N) is 4. The maximum atomic E-state index is 6.52. The summed E-state index contributed by atoms with van der Waals surface area (Å²) in [6, 6.07) is 16.9. The van der Waals surface area contributed by atoms with Gasteiger partial charge in [0.25, 0.3) is 0 Å². The number of anilines is 1. The monoisotopic (exact) mass is 559 g/mol. The molecule has 1 N–H and O–H groups in total. The third-order valence-corrected chi connectivity index (χ3v) is 7.92. The maximum Gasteiger partial charge on any atom is 0.237 e. The average molecular weight is 560 g/mol. The van der Waals surface area contributed by atoms with Gasteiger partial charge in [0.05, 0.1) is 24.2 Å². The van der Waals surface area contributed by atoms with Gasteiger partial charge in [-0.2, -0.15) is 4.98 Å². The van der Waals surface area contributed by atoms with E-state index in [2.05, 4.69) is 91.8 Å². The molecule has 3 heterocycles. The number of halogens is 1. The second-order valence-electron chi connectivity index (χ2n) is 11.4. The van der Waals surface area contributed by atoms with E-state index in [1.807, 2.05) is 12.3 Å². The van der Waals surface area contributed by atoms with Gasteiger partial charge in [-0.1, -0.05) is 62.7 Å². The van der Waals surface area contributed by atoms with Crippen molar-refractivity contribution in [1.29, 1.82) is 0 Å². The number of fused-ring (bicyclic) bond motifs is 4. The molecule has 1 aliphatic rings. The Bertz CT molecular complexity index is 1450. The van der Waals surface area contributed by atoms with Crippen molar-refractivity contribution in [3.63, 3.8) is 0 Å². The van der Waals surface area contributed by atoms with Crippen LogP contribution in [0.15, 0.2) is 65.8 Å². The predicted molar refractivity (Wildman–Crippen MR) is 159 cm³/mol. The van der Waals surface area contributed by atoms with Gasteiger partial charge in [-0.3, -0.25) is 9.71 Å². The molecule has 2 unspecified atom stereocenters. The van der Waals surface area contributed by atoms with Crippen molar-refractivity contribution >= 4 is 29.5 Å². The van der Waals surface area contributed by atoms with Gasteiger partial charge in [-0.05, 0) is 78.8 Å². The first kappa shape index (κ1) is 27.4. The summed E-state index contributed by atoms with van der Waals surface area (Å²) in [6.07, 6.45) is 5.06. The van der Waals surface area contributed by atoms with Gasteiger partial charge in [0, 0.05) is 28.6 Å². The minimum atomic E-state index is 0.0948. The highest BCUT2D eigenvalue weighted by Crippen LogP contribution is 2.39. The Morgan fingerprint density at radius 1 is 1.00 bits per heavy atom. The van der Waals surface area contributed by atoms with Crippen LogP contribution in [-0.4, -0.2) is 26.5 Å². The Kier molecular flexibility index (Phi) is 8.10. The molecule has 0 amide bonds. The van der Waals surface area contributed by atoms with Crippen LogP contribution in [0.2, 0.25) is 5.15 Å². The molecule has 4 aromatic rings. The average Bonchev–Trinajstić information content (AvgIpc) is 2.88. The number of aromatic nitrogens is 4. The molecule has 0 radical (unpaired) electrons. The van der Waals surface area contributed by atoms with Crippen LogP contribution in [0.25, 0.3) is 11.3 Å². The van der Waals surface area contributed by atoms with Gasteiger partial charge < -0.3 is 4.74 Å². The number of aryl methyl sites for hydroxylation is 2. The van der Waals surface area contributed by atoms with E-state index in [4.69, 9.17) is 26.3 Å². The van der Waals surface area contributed by atoms with Gasteiger partial charge in [0.15, 0.2) is 0 Å². The minimum absolute atomic E-state index is 0.0948. The summed E-state index contributed by atoms with van der Waals surface area (Å²) in [7, 11) is 0. The highest BCUT2D eigenvalue weighted by molar-refractivity contribution is 8.00. The zero-order chi connectivity index (χ0) is 27.6. The number of rotatable bonds is 4. The number of hydrogen-bond donors (Lipinski definition) is 1. The molecular weight excluding hydrogens is 526 g/mol. The smallest absolute Gasteiger partial charge is 0.237 e. The molecule has 6 nitrogen and oxygen atoms in total. The molecule has 8 heteroatoms. The molecule has 0 saturated carbocycles. The van der Waals surface area contributed by atoms with Gasteiger partial charge in [-0.15, -0.1) is 0 Å². The van der Waals surface area contributed by atoms with Crippen molar-refractivity contribution in [1.82, 2.24) is 19.9 Å². The Hall–Kier alpha value is -3.16. The van der Waals surface area contributed by atoms with E-state index < -0.39 is 0 Å². The normalized spacial score (nSPS) is 17.4. The predicted octanol–water partition coefficient (Wildman–Crippen LogP) is 8.09. The molecule has 5 rings (SSSR count). The van der Waals surface area contributed by atoms with Crippen molar-refractivity contribution in [2.24, 2.45) is 11.3 Å². The summed E-state index contributed by atoms with van der Waals surface area (Å²) in [5, 5.41) is 0.408. The molecule has 4 bridgehead atoms. The van der Waals surface area contributed by atoms with Crippen LogP contribution >= 0.6 is 23.5 Å². The first-order valence-electron chi connectivity index (χ1n) is 13.2. The summed E-state index contributed by atoms with van der Waals surface area (Å²) in [5.41, 5.74) is 6.50. The Balaban J connectivity index is 1.58. The molecule has 39 heavy (non-hydrogen) atoms. The van der Waals surface area contributed by atoms with Crippen LogP contribution in [-0.2, 0) is 6.42 Å². The highest BCUT2D eigenvalue weighted by Gasteiger charge is 2.30. The van der Waals surface area contributed by atoms with Gasteiger partial charge >= 0.3 is 0 Å². The fourth-order valence-electron chi connectivity index (χ4n) is 5.36. The zero-order valence-electron chi connectivity index (χ0n) is 23.0. The van der Waals surface area contributed by atoms with E-state index in [9.17, 15) is 0 Å². The van der Waals surface area contributed by atoms with E-state index in [-0.39, 0.29) is 17.3 Å². The van der Waals surface area contributed by atoms with E-state index >= 15 is 0 Å². The second-order valence-corrected chi connectivity index (χ2v) is 12.7. The van der Waals surface area contributed by atoms with Crippen molar-refractivity contribution in [3.8, 4) is 17.1 Å². The van der Waals surface area contributed by atoms with E-state index in [1.165, 1.54) is 28.6 Å². The molecule has 0 saturated heterocycles. The van der Waals surface area contributed by atoms with Crippen molar-refractivity contribution < 1.29 is 4.74 Å². The van der Waals surface area contributed by atoms with Crippen LogP contribution in [0.4, 0.5) is 5.95 Å². The van der Waals surface area contributed by atoms with Gasteiger partial charge in [0.1, 0.15) is 5.15 Å². The van der Waals surface area contributed by atoms with Crippen LogP contribution in [0.1, 0.15) is 55.5 Å². The molecule has 0 spiro atoms. The van der Waals surface area contributed by atoms with E-state index in [1.54, 1.807) is 6.20 Å². The van der Waals surface area contributed by atoms with Crippen molar-refractivity contribution in [3.05, 3.63) is 88.5 Å². The largest absolute Gasteiger partial charge is 0.477 e. The molecule has 202 valence electrons. The van der Waals surface area contributed by atoms with Crippen LogP contribution in [0.5, 0.6) is 5.88 Å². The van der Waals surface area contributed by atoms with Crippen LogP contribution in [0.3, 0.4) is 0 Å². The fourth-order valence-corrected chi connectivity index (χ4v) is 6.17. The van der Waals surface area contributed by atoms with Crippen molar-refractivity contribution in [2.75, 3.05) is 11.3 Å². The number of hydrogen-bond acceptors (Lipinski definition) is 7. The number of benzene rings is 2. The first-order valence-corrected chi connectivity index (χ1v) is 14.4. The maximum absolute atomic E-state index is 6.52. The van der Waals surface area contributed by atoms with E-state index in [0.717, 1.165) is 28.3 Å².